The summed E-state index contributed by atoms with van der Waals surface area (Å²) in [4.78, 5) is 51.4. The minimum atomic E-state index is -1.38. The van der Waals surface area contributed by atoms with Crippen molar-refractivity contribution >= 4 is 23.9 Å². The highest BCUT2D eigenvalue weighted by Gasteiger charge is 2.49. The van der Waals surface area contributed by atoms with Crippen LogP contribution in [0.4, 0.5) is 0 Å². The van der Waals surface area contributed by atoms with E-state index in [0.29, 0.717) is 24.9 Å². The van der Waals surface area contributed by atoms with Crippen LogP contribution in [0.15, 0.2) is 0 Å². The maximum absolute atomic E-state index is 12.3. The van der Waals surface area contributed by atoms with Gasteiger partial charge in [-0.05, 0) is 95.6 Å². The van der Waals surface area contributed by atoms with Gasteiger partial charge in [0.15, 0.2) is 0 Å². The molecular weight excluding hydrogens is 504 g/mol. The molecule has 0 radical (unpaired) electrons. The van der Waals surface area contributed by atoms with Gasteiger partial charge in [-0.15, -0.1) is 0 Å². The second kappa shape index (κ2) is 14.4. The fourth-order valence-corrected chi connectivity index (χ4v) is 7.74. The van der Waals surface area contributed by atoms with Crippen LogP contribution in [-0.2, 0) is 19.2 Å². The standard InChI is InChI=1S/C29H50N2O8/c1-5-28(26(36)37,18-24(32)33)30(7-3)22-13-9-20(10-14-22)17-21-11-15-23(16-12-21)31(8-4)29(6-2,27(38)39)19-25(34)35/h20-23H,5-19H2,1-4H3,(H,32,33)(H,34,35)(H,36,37)(H,38,39). The Bertz CT molecular complexity index is 782. The zero-order valence-electron chi connectivity index (χ0n) is 24.2. The molecule has 10 nitrogen and oxygen atoms in total. The normalized spacial score (nSPS) is 27.0. The van der Waals surface area contributed by atoms with Crippen molar-refractivity contribution in [1.29, 1.82) is 0 Å². The molecule has 2 fully saturated rings. The fraction of sp³-hybridized carbons (Fsp3) is 0.862. The Kier molecular flexibility index (Phi) is 12.2. The van der Waals surface area contributed by atoms with Gasteiger partial charge in [-0.1, -0.05) is 27.7 Å². The molecular formula is C29H50N2O8. The minimum absolute atomic E-state index is 0.0583. The van der Waals surface area contributed by atoms with E-state index in [1.807, 2.05) is 23.6 Å². The van der Waals surface area contributed by atoms with Crippen molar-refractivity contribution < 1.29 is 39.6 Å². The molecule has 10 heteroatoms. The Labute approximate surface area is 232 Å². The molecule has 0 aliphatic heterocycles. The van der Waals surface area contributed by atoms with Crippen LogP contribution in [0.3, 0.4) is 0 Å². The third-order valence-corrected chi connectivity index (χ3v) is 9.82. The van der Waals surface area contributed by atoms with E-state index in [9.17, 15) is 39.6 Å². The van der Waals surface area contributed by atoms with Crippen LogP contribution in [0, 0.1) is 11.8 Å². The molecule has 2 rings (SSSR count). The fourth-order valence-electron chi connectivity index (χ4n) is 7.74. The highest BCUT2D eigenvalue weighted by Crippen LogP contribution is 2.41. The third kappa shape index (κ3) is 7.51. The summed E-state index contributed by atoms with van der Waals surface area (Å²) in [5.41, 5.74) is -2.77. The second-order valence-electron chi connectivity index (χ2n) is 11.7. The van der Waals surface area contributed by atoms with Gasteiger partial charge in [-0.3, -0.25) is 29.0 Å². The van der Waals surface area contributed by atoms with Crippen LogP contribution in [0.5, 0.6) is 0 Å². The first-order valence-electron chi connectivity index (χ1n) is 14.8. The average molecular weight is 555 g/mol. The van der Waals surface area contributed by atoms with Crippen molar-refractivity contribution in [2.45, 2.75) is 134 Å². The van der Waals surface area contributed by atoms with Crippen molar-refractivity contribution in [3.8, 4) is 0 Å². The number of carbonyl (C=O) groups is 4. The largest absolute Gasteiger partial charge is 0.481 e. The topological polar surface area (TPSA) is 156 Å². The molecule has 4 N–H and O–H groups in total. The molecule has 0 heterocycles. The van der Waals surface area contributed by atoms with E-state index < -0.39 is 47.8 Å². The van der Waals surface area contributed by atoms with Crippen LogP contribution in [0.1, 0.15) is 111 Å². The van der Waals surface area contributed by atoms with Crippen molar-refractivity contribution in [2.75, 3.05) is 13.1 Å². The summed E-state index contributed by atoms with van der Waals surface area (Å²) < 4.78 is 0. The molecule has 2 unspecified atom stereocenters. The van der Waals surface area contributed by atoms with E-state index in [1.54, 1.807) is 13.8 Å². The number of carboxylic acid groups (broad SMARTS) is 4. The van der Waals surface area contributed by atoms with Gasteiger partial charge in [-0.2, -0.15) is 0 Å². The Morgan fingerprint density at radius 1 is 0.590 bits per heavy atom. The molecule has 0 aromatic heterocycles. The number of nitrogens with zero attached hydrogens (tertiary/aromatic N) is 2. The van der Waals surface area contributed by atoms with Crippen LogP contribution in [0.2, 0.25) is 0 Å². The summed E-state index contributed by atoms with van der Waals surface area (Å²) in [6.45, 7) is 8.32. The van der Waals surface area contributed by atoms with Gasteiger partial charge in [0, 0.05) is 12.1 Å². The van der Waals surface area contributed by atoms with Gasteiger partial charge in [0.05, 0.1) is 12.8 Å². The van der Waals surface area contributed by atoms with E-state index in [1.165, 1.54) is 0 Å². The lowest BCUT2D eigenvalue weighted by Gasteiger charge is -2.47. The molecule has 0 aromatic rings. The summed E-state index contributed by atoms with van der Waals surface area (Å²) in [6.07, 6.45) is 8.18. The van der Waals surface area contributed by atoms with E-state index >= 15 is 0 Å². The van der Waals surface area contributed by atoms with Crippen molar-refractivity contribution in [3.05, 3.63) is 0 Å². The summed E-state index contributed by atoms with van der Waals surface area (Å²) >= 11 is 0. The summed E-state index contributed by atoms with van der Waals surface area (Å²) in [7, 11) is 0. The molecule has 0 spiro atoms. The maximum Gasteiger partial charge on any atom is 0.324 e. The van der Waals surface area contributed by atoms with E-state index in [-0.39, 0.29) is 24.9 Å². The van der Waals surface area contributed by atoms with Gasteiger partial charge in [0.25, 0.3) is 0 Å². The van der Waals surface area contributed by atoms with Crippen molar-refractivity contribution in [2.24, 2.45) is 11.8 Å². The van der Waals surface area contributed by atoms with Crippen LogP contribution < -0.4 is 0 Å². The average Bonchev–Trinajstić information content (AvgIpc) is 2.89. The Morgan fingerprint density at radius 2 is 0.897 bits per heavy atom. The molecule has 2 aliphatic carbocycles. The lowest BCUT2D eigenvalue weighted by atomic mass is 9.74. The summed E-state index contributed by atoms with van der Waals surface area (Å²) in [6, 6.07) is 0.117. The van der Waals surface area contributed by atoms with E-state index in [0.717, 1.165) is 57.8 Å². The molecule has 39 heavy (non-hydrogen) atoms. The maximum atomic E-state index is 12.3. The van der Waals surface area contributed by atoms with Crippen LogP contribution in [0.25, 0.3) is 0 Å². The first kappa shape index (κ1) is 33.0. The third-order valence-electron chi connectivity index (χ3n) is 9.82. The monoisotopic (exact) mass is 554 g/mol. The quantitative estimate of drug-likeness (QED) is 0.213. The first-order valence-corrected chi connectivity index (χ1v) is 14.8. The van der Waals surface area contributed by atoms with Crippen molar-refractivity contribution in [1.82, 2.24) is 9.80 Å². The minimum Gasteiger partial charge on any atom is -0.481 e. The van der Waals surface area contributed by atoms with Crippen molar-refractivity contribution in [3.63, 3.8) is 0 Å². The van der Waals surface area contributed by atoms with E-state index in [4.69, 9.17) is 0 Å². The van der Waals surface area contributed by atoms with Gasteiger partial charge >= 0.3 is 23.9 Å². The van der Waals surface area contributed by atoms with E-state index in [2.05, 4.69) is 0 Å². The predicted octanol–water partition coefficient (Wildman–Crippen LogP) is 4.55. The number of likely N-dealkylation sites (N-methyl/N-ethyl adjacent to an activating group) is 2. The molecule has 2 atom stereocenters. The Balaban J connectivity index is 1.98. The van der Waals surface area contributed by atoms with Crippen LogP contribution >= 0.6 is 0 Å². The highest BCUT2D eigenvalue weighted by atomic mass is 16.4. The van der Waals surface area contributed by atoms with Crippen LogP contribution in [-0.4, -0.2) is 90.4 Å². The number of aliphatic carboxylic acids is 4. The molecule has 2 aliphatic rings. The second-order valence-corrected chi connectivity index (χ2v) is 11.7. The number of hydrogen-bond donors (Lipinski definition) is 4. The summed E-state index contributed by atoms with van der Waals surface area (Å²) in [5.74, 6) is -3.22. The SMILES string of the molecule is CCN(C1CCC(CC2CCC(N(CC)C(CC)(CC(=O)O)C(=O)O)CC2)CC1)C(CC)(CC(=O)O)C(=O)O. The predicted molar refractivity (Wildman–Crippen MR) is 147 cm³/mol. The number of carboxylic acids is 4. The first-order chi connectivity index (χ1) is 18.4. The number of hydrogen-bond acceptors (Lipinski definition) is 6. The zero-order chi connectivity index (χ0) is 29.4. The summed E-state index contributed by atoms with van der Waals surface area (Å²) in [5, 5.41) is 38.9. The molecule has 2 saturated carbocycles. The molecule has 0 aromatic carbocycles. The Hall–Kier alpha value is -2.20. The highest BCUT2D eigenvalue weighted by molar-refractivity contribution is 5.85. The zero-order valence-corrected chi connectivity index (χ0v) is 24.2. The smallest absolute Gasteiger partial charge is 0.324 e. The molecule has 0 amide bonds. The van der Waals surface area contributed by atoms with Gasteiger partial charge in [-0.25, -0.2) is 0 Å². The number of rotatable bonds is 16. The van der Waals surface area contributed by atoms with Gasteiger partial charge < -0.3 is 20.4 Å². The Morgan fingerprint density at radius 3 is 1.10 bits per heavy atom. The molecule has 224 valence electrons. The lowest BCUT2D eigenvalue weighted by molar-refractivity contribution is -0.161. The molecule has 0 bridgehead atoms. The lowest BCUT2D eigenvalue weighted by Crippen LogP contribution is -2.60. The van der Waals surface area contributed by atoms with Gasteiger partial charge in [0.2, 0.25) is 0 Å². The molecule has 0 saturated heterocycles. The van der Waals surface area contributed by atoms with Gasteiger partial charge in [0.1, 0.15) is 11.1 Å².